The Balaban J connectivity index is 1.52. The number of hydrogen-bond acceptors (Lipinski definition) is 4. The summed E-state index contributed by atoms with van der Waals surface area (Å²) in [5.41, 5.74) is 4.45. The first-order valence-corrected chi connectivity index (χ1v) is 9.62. The van der Waals surface area contributed by atoms with Crippen molar-refractivity contribution in [2.45, 2.75) is 31.5 Å². The number of fused-ring (bicyclic) bond motifs is 1. The quantitative estimate of drug-likeness (QED) is 0.663. The molecule has 1 atom stereocenters. The zero-order valence-corrected chi connectivity index (χ0v) is 15.6. The Hall–Kier alpha value is -2.60. The van der Waals surface area contributed by atoms with Crippen molar-refractivity contribution < 1.29 is 4.79 Å². The fourth-order valence-corrected chi connectivity index (χ4v) is 4.24. The molecule has 2 aromatic carbocycles. The maximum Gasteiger partial charge on any atom is 0.237 e. The largest absolute Gasteiger partial charge is 0.308 e. The van der Waals surface area contributed by atoms with Crippen molar-refractivity contribution in [2.75, 3.05) is 10.7 Å². The van der Waals surface area contributed by atoms with Gasteiger partial charge < -0.3 is 4.90 Å². The maximum atomic E-state index is 12.9. The number of rotatable bonds is 4. The number of amides is 1. The highest BCUT2D eigenvalue weighted by molar-refractivity contribution is 7.99. The van der Waals surface area contributed by atoms with E-state index in [1.165, 1.54) is 17.3 Å². The SMILES string of the molecule is Cc1ccccc1-n1cnnc1SCC(=O)N1c2ccccc2C[C@@H]1C. The van der Waals surface area contributed by atoms with E-state index in [0.717, 1.165) is 28.5 Å². The number of carbonyl (C=O) groups is 1. The first-order chi connectivity index (χ1) is 12.6. The van der Waals surface area contributed by atoms with Gasteiger partial charge in [-0.3, -0.25) is 9.36 Å². The highest BCUT2D eigenvalue weighted by Crippen LogP contribution is 2.33. The van der Waals surface area contributed by atoms with Gasteiger partial charge in [0, 0.05) is 11.7 Å². The number of nitrogens with zero attached hydrogens (tertiary/aromatic N) is 4. The van der Waals surface area contributed by atoms with Crippen LogP contribution in [0.4, 0.5) is 5.69 Å². The minimum atomic E-state index is 0.104. The standard InChI is InChI=1S/C20H20N4OS/c1-14-7-3-5-9-17(14)23-13-21-22-20(23)26-12-19(25)24-15(2)11-16-8-4-6-10-18(16)24/h3-10,13,15H,11-12H2,1-2H3/t15-/m0/s1. The second-order valence-electron chi connectivity index (χ2n) is 6.50. The van der Waals surface area contributed by atoms with E-state index in [9.17, 15) is 4.79 Å². The van der Waals surface area contributed by atoms with Crippen LogP contribution in [0.1, 0.15) is 18.1 Å². The molecule has 0 fully saturated rings. The molecule has 3 aromatic rings. The van der Waals surface area contributed by atoms with Gasteiger partial charge in [0.2, 0.25) is 5.91 Å². The molecule has 1 aromatic heterocycles. The monoisotopic (exact) mass is 364 g/mol. The van der Waals surface area contributed by atoms with Gasteiger partial charge in [-0.1, -0.05) is 48.2 Å². The molecular formula is C20H20N4OS. The topological polar surface area (TPSA) is 51.0 Å². The third-order valence-electron chi connectivity index (χ3n) is 4.69. The van der Waals surface area contributed by atoms with Crippen LogP contribution in [-0.4, -0.2) is 32.5 Å². The Bertz CT molecular complexity index is 952. The van der Waals surface area contributed by atoms with E-state index in [-0.39, 0.29) is 11.9 Å². The molecule has 26 heavy (non-hydrogen) atoms. The second kappa shape index (κ2) is 6.96. The van der Waals surface area contributed by atoms with Gasteiger partial charge in [-0.2, -0.15) is 0 Å². The summed E-state index contributed by atoms with van der Waals surface area (Å²) in [6.45, 7) is 4.15. The van der Waals surface area contributed by atoms with Gasteiger partial charge in [0.05, 0.1) is 11.4 Å². The minimum Gasteiger partial charge on any atom is -0.308 e. The van der Waals surface area contributed by atoms with Crippen molar-refractivity contribution in [1.82, 2.24) is 14.8 Å². The zero-order valence-electron chi connectivity index (χ0n) is 14.8. The lowest BCUT2D eigenvalue weighted by atomic mass is 10.1. The number of benzene rings is 2. The van der Waals surface area contributed by atoms with Crippen molar-refractivity contribution >= 4 is 23.4 Å². The Morgan fingerprint density at radius 3 is 2.69 bits per heavy atom. The second-order valence-corrected chi connectivity index (χ2v) is 7.45. The van der Waals surface area contributed by atoms with Crippen LogP contribution in [0.3, 0.4) is 0 Å². The molecule has 4 rings (SSSR count). The van der Waals surface area contributed by atoms with Gasteiger partial charge in [0.15, 0.2) is 5.16 Å². The van der Waals surface area contributed by atoms with E-state index in [0.29, 0.717) is 5.75 Å². The van der Waals surface area contributed by atoms with Gasteiger partial charge in [0.25, 0.3) is 0 Å². The van der Waals surface area contributed by atoms with Crippen LogP contribution in [0.5, 0.6) is 0 Å². The van der Waals surface area contributed by atoms with Crippen LogP contribution in [0.2, 0.25) is 0 Å². The van der Waals surface area contributed by atoms with Crippen molar-refractivity contribution in [3.63, 3.8) is 0 Å². The molecule has 132 valence electrons. The minimum absolute atomic E-state index is 0.104. The Morgan fingerprint density at radius 2 is 1.88 bits per heavy atom. The number of thioether (sulfide) groups is 1. The third-order valence-corrected chi connectivity index (χ3v) is 5.62. The highest BCUT2D eigenvalue weighted by Gasteiger charge is 2.30. The van der Waals surface area contributed by atoms with Crippen molar-refractivity contribution in [3.05, 3.63) is 66.0 Å². The first-order valence-electron chi connectivity index (χ1n) is 8.64. The van der Waals surface area contributed by atoms with Gasteiger partial charge in [0.1, 0.15) is 6.33 Å². The molecule has 0 spiro atoms. The normalized spacial score (nSPS) is 15.9. The van der Waals surface area contributed by atoms with Crippen LogP contribution in [0.25, 0.3) is 5.69 Å². The summed E-state index contributed by atoms with van der Waals surface area (Å²) in [7, 11) is 0. The van der Waals surface area contributed by atoms with Gasteiger partial charge in [-0.25, -0.2) is 0 Å². The molecule has 1 amide bonds. The fourth-order valence-electron chi connectivity index (χ4n) is 3.46. The lowest BCUT2D eigenvalue weighted by Crippen LogP contribution is -2.37. The van der Waals surface area contributed by atoms with E-state index in [2.05, 4.69) is 36.2 Å². The molecule has 2 heterocycles. The molecule has 0 unspecified atom stereocenters. The molecule has 0 N–H and O–H groups in total. The summed E-state index contributed by atoms with van der Waals surface area (Å²) in [6, 6.07) is 16.4. The number of para-hydroxylation sites is 2. The van der Waals surface area contributed by atoms with Crippen LogP contribution >= 0.6 is 11.8 Å². The van der Waals surface area contributed by atoms with E-state index >= 15 is 0 Å². The average molecular weight is 364 g/mol. The average Bonchev–Trinajstić information content (AvgIpc) is 3.23. The lowest BCUT2D eigenvalue weighted by Gasteiger charge is -2.22. The summed E-state index contributed by atoms with van der Waals surface area (Å²) >= 11 is 1.43. The lowest BCUT2D eigenvalue weighted by molar-refractivity contribution is -0.116. The molecule has 1 aliphatic rings. The van der Waals surface area contributed by atoms with Gasteiger partial charge in [-0.05, 0) is 43.5 Å². The summed E-state index contributed by atoms with van der Waals surface area (Å²) < 4.78 is 1.94. The molecule has 0 saturated heterocycles. The van der Waals surface area contributed by atoms with Crippen LogP contribution in [0, 0.1) is 6.92 Å². The highest BCUT2D eigenvalue weighted by atomic mass is 32.2. The number of carbonyl (C=O) groups excluding carboxylic acids is 1. The summed E-state index contributed by atoms with van der Waals surface area (Å²) in [5.74, 6) is 0.440. The van der Waals surface area contributed by atoms with Gasteiger partial charge >= 0.3 is 0 Å². The van der Waals surface area contributed by atoms with Crippen LogP contribution < -0.4 is 4.90 Å². The molecule has 0 radical (unpaired) electrons. The number of anilines is 1. The molecule has 5 nitrogen and oxygen atoms in total. The number of aryl methyl sites for hydroxylation is 1. The predicted molar refractivity (Wildman–Crippen MR) is 104 cm³/mol. The van der Waals surface area contributed by atoms with Crippen LogP contribution in [0.15, 0.2) is 60.0 Å². The fraction of sp³-hybridized carbons (Fsp3) is 0.250. The Labute approximate surface area is 157 Å². The van der Waals surface area contributed by atoms with E-state index in [1.54, 1.807) is 6.33 Å². The van der Waals surface area contributed by atoms with Crippen molar-refractivity contribution in [3.8, 4) is 5.69 Å². The zero-order chi connectivity index (χ0) is 18.1. The van der Waals surface area contributed by atoms with Crippen LogP contribution in [-0.2, 0) is 11.2 Å². The predicted octanol–water partition coefficient (Wildman–Crippen LogP) is 3.65. The van der Waals surface area contributed by atoms with E-state index in [1.807, 2.05) is 45.9 Å². The molecule has 0 aliphatic carbocycles. The number of aromatic nitrogens is 3. The smallest absolute Gasteiger partial charge is 0.237 e. The first kappa shape index (κ1) is 16.8. The Kier molecular flexibility index (Phi) is 4.51. The molecule has 1 aliphatic heterocycles. The molecule has 0 bridgehead atoms. The molecular weight excluding hydrogens is 344 g/mol. The van der Waals surface area contributed by atoms with Crippen molar-refractivity contribution in [1.29, 1.82) is 0 Å². The summed E-state index contributed by atoms with van der Waals surface area (Å²) in [6.07, 6.45) is 2.61. The number of hydrogen-bond donors (Lipinski definition) is 0. The Morgan fingerprint density at radius 1 is 1.15 bits per heavy atom. The summed E-state index contributed by atoms with van der Waals surface area (Å²) in [4.78, 5) is 14.8. The van der Waals surface area contributed by atoms with Crippen molar-refractivity contribution in [2.24, 2.45) is 0 Å². The molecule has 0 saturated carbocycles. The van der Waals surface area contributed by atoms with E-state index in [4.69, 9.17) is 0 Å². The third kappa shape index (κ3) is 3.01. The molecule has 6 heteroatoms. The summed E-state index contributed by atoms with van der Waals surface area (Å²) in [5, 5.41) is 8.96. The maximum absolute atomic E-state index is 12.9. The van der Waals surface area contributed by atoms with Gasteiger partial charge in [-0.15, -0.1) is 10.2 Å². The van der Waals surface area contributed by atoms with E-state index < -0.39 is 0 Å².